The fourth-order valence-electron chi connectivity index (χ4n) is 4.10. The van der Waals surface area contributed by atoms with Crippen molar-refractivity contribution in [2.24, 2.45) is 0 Å². The third kappa shape index (κ3) is 6.69. The number of thioether (sulfide) groups is 1. The fraction of sp³-hybridized carbons (Fsp3) is 0.179. The molecule has 0 unspecified atom stereocenters. The summed E-state index contributed by atoms with van der Waals surface area (Å²) in [6.07, 6.45) is 0. The Bertz CT molecular complexity index is 1400. The van der Waals surface area contributed by atoms with E-state index < -0.39 is 0 Å². The van der Waals surface area contributed by atoms with Gasteiger partial charge >= 0.3 is 0 Å². The monoisotopic (exact) mass is 582 g/mol. The van der Waals surface area contributed by atoms with E-state index in [9.17, 15) is 9.59 Å². The molecule has 0 spiro atoms. The summed E-state index contributed by atoms with van der Waals surface area (Å²) in [5, 5.41) is 6.24. The second kappa shape index (κ2) is 12.2. The molecule has 194 valence electrons. The van der Waals surface area contributed by atoms with Gasteiger partial charge in [-0.1, -0.05) is 47.1 Å². The summed E-state index contributed by atoms with van der Waals surface area (Å²) in [4.78, 5) is 34.0. The molecule has 1 saturated heterocycles. The minimum absolute atomic E-state index is 0.0243. The number of anilines is 2. The maximum atomic E-state index is 12.7. The number of thiazole rings is 1. The molecular weight excluding hydrogens is 559 g/mol. The molecule has 3 aromatic carbocycles. The third-order valence-corrected chi connectivity index (χ3v) is 8.65. The lowest BCUT2D eigenvalue weighted by atomic mass is 10.1. The highest BCUT2D eigenvalue weighted by atomic mass is 35.5. The van der Waals surface area contributed by atoms with Crippen LogP contribution in [-0.2, 0) is 4.79 Å². The van der Waals surface area contributed by atoms with Gasteiger partial charge in [-0.2, -0.15) is 0 Å². The van der Waals surface area contributed by atoms with Crippen LogP contribution < -0.4 is 10.2 Å². The van der Waals surface area contributed by atoms with E-state index in [4.69, 9.17) is 23.2 Å². The molecule has 4 aromatic rings. The van der Waals surface area contributed by atoms with Crippen molar-refractivity contribution in [1.29, 1.82) is 0 Å². The van der Waals surface area contributed by atoms with Crippen molar-refractivity contribution in [2.45, 2.75) is 4.34 Å². The van der Waals surface area contributed by atoms with Gasteiger partial charge in [0.1, 0.15) is 0 Å². The van der Waals surface area contributed by atoms with E-state index in [0.29, 0.717) is 28.7 Å². The quantitative estimate of drug-likeness (QED) is 0.242. The van der Waals surface area contributed by atoms with Crippen molar-refractivity contribution < 1.29 is 9.59 Å². The summed E-state index contributed by atoms with van der Waals surface area (Å²) in [6, 6.07) is 22.4. The Balaban J connectivity index is 1.08. The van der Waals surface area contributed by atoms with Crippen LogP contribution in [0.4, 0.5) is 11.4 Å². The summed E-state index contributed by atoms with van der Waals surface area (Å²) >= 11 is 14.8. The Morgan fingerprint density at radius 3 is 2.16 bits per heavy atom. The molecule has 1 fully saturated rings. The van der Waals surface area contributed by atoms with Crippen LogP contribution in [0.25, 0.3) is 11.3 Å². The zero-order valence-electron chi connectivity index (χ0n) is 20.3. The van der Waals surface area contributed by atoms with Crippen molar-refractivity contribution in [3.63, 3.8) is 0 Å². The molecule has 1 aliphatic heterocycles. The molecule has 0 aliphatic carbocycles. The van der Waals surface area contributed by atoms with E-state index in [1.807, 2.05) is 58.8 Å². The predicted molar refractivity (Wildman–Crippen MR) is 158 cm³/mol. The van der Waals surface area contributed by atoms with Crippen LogP contribution in [0.15, 0.2) is 82.5 Å². The molecule has 2 heterocycles. The second-order valence-electron chi connectivity index (χ2n) is 8.68. The van der Waals surface area contributed by atoms with Crippen LogP contribution in [0.2, 0.25) is 10.0 Å². The molecule has 10 heteroatoms. The number of amides is 2. The molecule has 2 amide bonds. The van der Waals surface area contributed by atoms with Gasteiger partial charge in [0.15, 0.2) is 4.34 Å². The Kier molecular flexibility index (Phi) is 8.54. The van der Waals surface area contributed by atoms with Crippen LogP contribution in [-0.4, -0.2) is 53.6 Å². The van der Waals surface area contributed by atoms with Crippen LogP contribution in [0.3, 0.4) is 0 Å². The number of nitrogens with one attached hydrogen (secondary N) is 1. The van der Waals surface area contributed by atoms with Crippen LogP contribution in [0.1, 0.15) is 10.4 Å². The zero-order valence-corrected chi connectivity index (χ0v) is 23.4. The number of hydrogen-bond donors (Lipinski definition) is 1. The van der Waals surface area contributed by atoms with Crippen molar-refractivity contribution in [2.75, 3.05) is 42.1 Å². The molecule has 0 radical (unpaired) electrons. The molecule has 0 bridgehead atoms. The summed E-state index contributed by atoms with van der Waals surface area (Å²) in [6.45, 7) is 2.78. The zero-order chi connectivity index (χ0) is 26.5. The first-order chi connectivity index (χ1) is 18.4. The molecule has 5 rings (SSSR count). The highest BCUT2D eigenvalue weighted by Crippen LogP contribution is 2.29. The molecule has 0 atom stereocenters. The number of hydrogen-bond acceptors (Lipinski definition) is 6. The highest BCUT2D eigenvalue weighted by Gasteiger charge is 2.22. The van der Waals surface area contributed by atoms with Gasteiger partial charge in [-0.15, -0.1) is 11.3 Å². The lowest BCUT2D eigenvalue weighted by Crippen LogP contribution is -2.48. The predicted octanol–water partition coefficient (Wildman–Crippen LogP) is 6.81. The summed E-state index contributed by atoms with van der Waals surface area (Å²) < 4.78 is 0.842. The largest absolute Gasteiger partial charge is 0.368 e. The summed E-state index contributed by atoms with van der Waals surface area (Å²) in [7, 11) is 0. The number of benzene rings is 3. The number of carbonyl (C=O) groups excluding carboxylic acids is 2. The van der Waals surface area contributed by atoms with E-state index in [1.54, 1.807) is 24.3 Å². The first kappa shape index (κ1) is 26.6. The van der Waals surface area contributed by atoms with E-state index >= 15 is 0 Å². The summed E-state index contributed by atoms with van der Waals surface area (Å²) in [5.74, 6) is 0.218. The van der Waals surface area contributed by atoms with Gasteiger partial charge in [-0.3, -0.25) is 9.59 Å². The standard InChI is InChI=1S/C28H24Cl2N4O2S2/c29-21-5-1-19(2-6-21)25-17-37-28(32-25)38-18-26(35)31-23-9-11-24(12-10-23)33-13-15-34(16-14-33)27(36)20-3-7-22(30)8-4-20/h1-12,17H,13-16,18H2,(H,31,35). The Morgan fingerprint density at radius 1 is 0.868 bits per heavy atom. The number of piperazine rings is 1. The van der Waals surface area contributed by atoms with Gasteiger partial charge in [0.2, 0.25) is 5.91 Å². The normalized spacial score (nSPS) is 13.4. The number of nitrogens with zero attached hydrogens (tertiary/aromatic N) is 3. The van der Waals surface area contributed by atoms with E-state index in [-0.39, 0.29) is 17.6 Å². The Hall–Kier alpha value is -3.04. The van der Waals surface area contributed by atoms with Gasteiger partial charge < -0.3 is 15.1 Å². The fourth-order valence-corrected chi connectivity index (χ4v) is 5.99. The lowest BCUT2D eigenvalue weighted by molar-refractivity contribution is -0.113. The first-order valence-corrected chi connectivity index (χ1v) is 14.6. The number of halogens is 2. The molecular formula is C28H24Cl2N4O2S2. The molecule has 0 saturated carbocycles. The summed E-state index contributed by atoms with van der Waals surface area (Å²) in [5.41, 5.74) is 4.33. The molecule has 6 nitrogen and oxygen atoms in total. The van der Waals surface area contributed by atoms with Crippen LogP contribution >= 0.6 is 46.3 Å². The maximum Gasteiger partial charge on any atom is 0.253 e. The average Bonchev–Trinajstić information content (AvgIpc) is 3.42. The van der Waals surface area contributed by atoms with Gasteiger partial charge in [0.05, 0.1) is 11.4 Å². The van der Waals surface area contributed by atoms with Gasteiger partial charge in [-0.05, 0) is 60.7 Å². The average molecular weight is 584 g/mol. The van der Waals surface area contributed by atoms with Crippen LogP contribution in [0.5, 0.6) is 0 Å². The van der Waals surface area contributed by atoms with E-state index in [2.05, 4.69) is 15.2 Å². The Morgan fingerprint density at radius 2 is 1.50 bits per heavy atom. The van der Waals surface area contributed by atoms with Gasteiger partial charge in [0, 0.05) is 64.1 Å². The minimum atomic E-state index is -0.0830. The van der Waals surface area contributed by atoms with E-state index in [0.717, 1.165) is 40.1 Å². The van der Waals surface area contributed by atoms with Crippen molar-refractivity contribution in [3.8, 4) is 11.3 Å². The first-order valence-electron chi connectivity index (χ1n) is 12.0. The lowest BCUT2D eigenvalue weighted by Gasteiger charge is -2.36. The minimum Gasteiger partial charge on any atom is -0.368 e. The SMILES string of the molecule is O=C(CSc1nc(-c2ccc(Cl)cc2)cs1)Nc1ccc(N2CCN(C(=O)c3ccc(Cl)cc3)CC2)cc1. The van der Waals surface area contributed by atoms with Gasteiger partial charge in [-0.25, -0.2) is 4.98 Å². The number of aromatic nitrogens is 1. The molecule has 1 N–H and O–H groups in total. The molecule has 1 aromatic heterocycles. The number of carbonyl (C=O) groups is 2. The second-order valence-corrected chi connectivity index (χ2v) is 11.6. The van der Waals surface area contributed by atoms with Crippen molar-refractivity contribution in [1.82, 2.24) is 9.88 Å². The van der Waals surface area contributed by atoms with E-state index in [1.165, 1.54) is 23.1 Å². The smallest absolute Gasteiger partial charge is 0.253 e. The third-order valence-electron chi connectivity index (χ3n) is 6.12. The molecule has 1 aliphatic rings. The van der Waals surface area contributed by atoms with Gasteiger partial charge in [0.25, 0.3) is 5.91 Å². The topological polar surface area (TPSA) is 65.5 Å². The number of rotatable bonds is 7. The molecule has 38 heavy (non-hydrogen) atoms. The maximum absolute atomic E-state index is 12.7. The Labute approximate surface area is 239 Å². The van der Waals surface area contributed by atoms with Crippen molar-refractivity contribution >= 4 is 69.5 Å². The van der Waals surface area contributed by atoms with Crippen molar-refractivity contribution in [3.05, 3.63) is 93.8 Å². The highest BCUT2D eigenvalue weighted by molar-refractivity contribution is 8.01. The van der Waals surface area contributed by atoms with Crippen LogP contribution in [0, 0.1) is 0 Å².